The first-order valence-electron chi connectivity index (χ1n) is 8.90. The van der Waals surface area contributed by atoms with E-state index in [-0.39, 0.29) is 35.2 Å². The van der Waals surface area contributed by atoms with Crippen LogP contribution < -0.4 is 5.32 Å². The van der Waals surface area contributed by atoms with Gasteiger partial charge in [0.25, 0.3) is 0 Å². The van der Waals surface area contributed by atoms with E-state index < -0.39 is 34.7 Å². The third-order valence-corrected chi connectivity index (χ3v) is 4.96. The fourth-order valence-corrected chi connectivity index (χ4v) is 3.49. The molecule has 1 atom stereocenters. The van der Waals surface area contributed by atoms with Gasteiger partial charge in [-0.15, -0.1) is 12.4 Å². The molecule has 3 aromatic rings. The van der Waals surface area contributed by atoms with Gasteiger partial charge in [0.2, 0.25) is 0 Å². The predicted octanol–water partition coefficient (Wildman–Crippen LogP) is 4.27. The first kappa shape index (κ1) is 22.2. The molecule has 3 heterocycles. The third kappa shape index (κ3) is 3.67. The van der Waals surface area contributed by atoms with Gasteiger partial charge in [-0.05, 0) is 25.5 Å². The summed E-state index contributed by atoms with van der Waals surface area (Å²) in [5.74, 6) is -4.81. The lowest BCUT2D eigenvalue weighted by Gasteiger charge is -2.21. The number of nitrogens with one attached hydrogen (secondary N) is 1. The average Bonchev–Trinajstić information content (AvgIpc) is 3.02. The third-order valence-electron chi connectivity index (χ3n) is 4.96. The molecular weight excluding hydrogens is 433 g/mol. The number of phenols is 1. The van der Waals surface area contributed by atoms with Crippen molar-refractivity contribution in [2.45, 2.75) is 31.5 Å². The van der Waals surface area contributed by atoms with E-state index in [2.05, 4.69) is 20.4 Å². The molecule has 0 spiro atoms. The Morgan fingerprint density at radius 1 is 1.20 bits per heavy atom. The number of halogens is 6. The summed E-state index contributed by atoms with van der Waals surface area (Å²) in [5.41, 5.74) is -2.40. The lowest BCUT2D eigenvalue weighted by Crippen LogP contribution is -2.28. The molecule has 0 aliphatic carbocycles. The van der Waals surface area contributed by atoms with Crippen molar-refractivity contribution in [2.75, 3.05) is 6.54 Å². The molecule has 0 saturated carbocycles. The van der Waals surface area contributed by atoms with E-state index in [4.69, 9.17) is 0 Å². The highest BCUT2D eigenvalue weighted by Gasteiger charge is 2.38. The van der Waals surface area contributed by atoms with Crippen LogP contribution in [0.2, 0.25) is 0 Å². The maximum absolute atomic E-state index is 14.5. The first-order valence-corrected chi connectivity index (χ1v) is 8.90. The Kier molecular flexibility index (Phi) is 5.87. The SMILES string of the molecule is Cl.Cn1nc(-c2cc(C(F)(F)F)c(F)c(O)c2F)c2cnc(C3CCCCN3)nc21. The van der Waals surface area contributed by atoms with Crippen molar-refractivity contribution < 1.29 is 27.1 Å². The molecule has 2 N–H and O–H groups in total. The van der Waals surface area contributed by atoms with Crippen molar-refractivity contribution in [1.82, 2.24) is 25.1 Å². The topological polar surface area (TPSA) is 75.9 Å². The largest absolute Gasteiger partial charge is 0.503 e. The van der Waals surface area contributed by atoms with Crippen LogP contribution in [0.25, 0.3) is 22.3 Å². The molecule has 1 aliphatic heterocycles. The van der Waals surface area contributed by atoms with Gasteiger partial charge in [0.1, 0.15) is 11.5 Å². The number of phenolic OH excluding ortho intramolecular Hbond substituents is 1. The van der Waals surface area contributed by atoms with Crippen LogP contribution >= 0.6 is 12.4 Å². The van der Waals surface area contributed by atoms with E-state index in [9.17, 15) is 27.1 Å². The van der Waals surface area contributed by atoms with Crippen LogP contribution in [0.4, 0.5) is 22.0 Å². The number of aromatic nitrogens is 4. The standard InChI is InChI=1S/C18H16F5N5O.ClH/c1-28-17-9(7-25-16(26-17)11-4-2-3-5-24-11)14(27-28)8-6-10(18(21,22)23)13(20)15(29)12(8)19;/h6-7,11,24,29H,2-5H2,1H3;1H. The van der Waals surface area contributed by atoms with Crippen LogP contribution in [-0.4, -0.2) is 31.4 Å². The smallest absolute Gasteiger partial charge is 0.419 e. The number of benzene rings is 1. The van der Waals surface area contributed by atoms with Crippen molar-refractivity contribution >= 4 is 23.4 Å². The minimum absolute atomic E-state index is 0. The second-order valence-corrected chi connectivity index (χ2v) is 6.89. The predicted molar refractivity (Wildman–Crippen MR) is 100 cm³/mol. The maximum atomic E-state index is 14.5. The number of nitrogens with zero attached hydrogens (tertiary/aromatic N) is 4. The van der Waals surface area contributed by atoms with Crippen LogP contribution in [0.15, 0.2) is 12.3 Å². The van der Waals surface area contributed by atoms with E-state index in [1.165, 1.54) is 17.9 Å². The summed E-state index contributed by atoms with van der Waals surface area (Å²) in [5, 5.41) is 17.1. The Morgan fingerprint density at radius 3 is 2.57 bits per heavy atom. The Labute approximate surface area is 173 Å². The van der Waals surface area contributed by atoms with E-state index in [1.54, 1.807) is 0 Å². The minimum Gasteiger partial charge on any atom is -0.503 e. The molecule has 30 heavy (non-hydrogen) atoms. The first-order chi connectivity index (χ1) is 13.7. The minimum atomic E-state index is -5.12. The van der Waals surface area contributed by atoms with Gasteiger partial charge in [0.05, 0.1) is 17.0 Å². The molecule has 0 amide bonds. The summed E-state index contributed by atoms with van der Waals surface area (Å²) >= 11 is 0. The second kappa shape index (κ2) is 7.95. The lowest BCUT2D eigenvalue weighted by molar-refractivity contribution is -0.140. The number of fused-ring (bicyclic) bond motifs is 1. The number of aromatic hydroxyl groups is 1. The van der Waals surface area contributed by atoms with E-state index >= 15 is 0 Å². The fourth-order valence-electron chi connectivity index (χ4n) is 3.49. The van der Waals surface area contributed by atoms with Crippen molar-refractivity contribution in [3.63, 3.8) is 0 Å². The number of piperidine rings is 1. The zero-order valence-corrected chi connectivity index (χ0v) is 16.4. The molecule has 162 valence electrons. The second-order valence-electron chi connectivity index (χ2n) is 6.89. The molecule has 12 heteroatoms. The highest BCUT2D eigenvalue weighted by molar-refractivity contribution is 5.91. The number of hydrogen-bond acceptors (Lipinski definition) is 5. The lowest BCUT2D eigenvalue weighted by atomic mass is 10.0. The maximum Gasteiger partial charge on any atom is 0.419 e. The summed E-state index contributed by atoms with van der Waals surface area (Å²) < 4.78 is 68.8. The van der Waals surface area contributed by atoms with Crippen molar-refractivity contribution in [2.24, 2.45) is 7.05 Å². The molecule has 0 radical (unpaired) electrons. The molecule has 1 saturated heterocycles. The summed E-state index contributed by atoms with van der Waals surface area (Å²) in [7, 11) is 1.50. The van der Waals surface area contributed by atoms with E-state index in [1.807, 2.05) is 0 Å². The molecule has 2 aromatic heterocycles. The fraction of sp³-hybridized carbons (Fsp3) is 0.389. The molecule has 1 aromatic carbocycles. The Balaban J connectivity index is 0.00000256. The van der Waals surface area contributed by atoms with Crippen molar-refractivity contribution in [3.05, 3.63) is 35.3 Å². The quantitative estimate of drug-likeness (QED) is 0.571. The number of rotatable bonds is 2. The van der Waals surface area contributed by atoms with Crippen LogP contribution in [0.3, 0.4) is 0 Å². The zero-order valence-electron chi connectivity index (χ0n) is 15.6. The van der Waals surface area contributed by atoms with Gasteiger partial charge >= 0.3 is 6.18 Å². The normalized spacial score (nSPS) is 17.2. The molecule has 1 unspecified atom stereocenters. The highest BCUT2D eigenvalue weighted by Crippen LogP contribution is 2.41. The summed E-state index contributed by atoms with van der Waals surface area (Å²) in [6.07, 6.45) is -0.876. The Morgan fingerprint density at radius 2 is 1.93 bits per heavy atom. The Bertz CT molecular complexity index is 1090. The van der Waals surface area contributed by atoms with Gasteiger partial charge in [-0.2, -0.15) is 18.3 Å². The van der Waals surface area contributed by atoms with E-state index in [0.717, 1.165) is 25.8 Å². The highest BCUT2D eigenvalue weighted by atomic mass is 35.5. The van der Waals surface area contributed by atoms with E-state index in [0.29, 0.717) is 11.9 Å². The molecule has 1 fully saturated rings. The van der Waals surface area contributed by atoms with Gasteiger partial charge < -0.3 is 10.4 Å². The summed E-state index contributed by atoms with van der Waals surface area (Å²) in [6.45, 7) is 0.822. The van der Waals surface area contributed by atoms with Crippen LogP contribution in [0, 0.1) is 11.6 Å². The van der Waals surface area contributed by atoms with Crippen molar-refractivity contribution in [3.8, 4) is 17.0 Å². The number of alkyl halides is 3. The molecule has 4 rings (SSSR count). The summed E-state index contributed by atoms with van der Waals surface area (Å²) in [4.78, 5) is 8.69. The van der Waals surface area contributed by atoms with Gasteiger partial charge in [-0.25, -0.2) is 23.4 Å². The van der Waals surface area contributed by atoms with Gasteiger partial charge in [-0.1, -0.05) is 6.42 Å². The monoisotopic (exact) mass is 449 g/mol. The molecule has 6 nitrogen and oxygen atoms in total. The average molecular weight is 450 g/mol. The summed E-state index contributed by atoms with van der Waals surface area (Å²) in [6, 6.07) is 0.234. The molecule has 1 aliphatic rings. The van der Waals surface area contributed by atoms with Gasteiger partial charge in [0.15, 0.2) is 23.0 Å². The van der Waals surface area contributed by atoms with Crippen molar-refractivity contribution in [1.29, 1.82) is 0 Å². The van der Waals surface area contributed by atoms with Crippen LogP contribution in [0.1, 0.15) is 36.7 Å². The zero-order chi connectivity index (χ0) is 20.9. The molecule has 0 bridgehead atoms. The molecular formula is C18H17ClF5N5O. The number of hydrogen-bond donors (Lipinski definition) is 2. The van der Waals surface area contributed by atoms with Crippen LogP contribution in [-0.2, 0) is 13.2 Å². The van der Waals surface area contributed by atoms with Gasteiger partial charge in [-0.3, -0.25) is 0 Å². The van der Waals surface area contributed by atoms with Gasteiger partial charge in [0, 0.05) is 18.8 Å². The number of aryl methyl sites for hydroxylation is 1. The Hall–Kier alpha value is -2.53. The van der Waals surface area contributed by atoms with Crippen LogP contribution in [0.5, 0.6) is 5.75 Å².